The van der Waals surface area contributed by atoms with Crippen LogP contribution in [0.25, 0.3) is 0 Å². The summed E-state index contributed by atoms with van der Waals surface area (Å²) in [5.41, 5.74) is 0.789. The highest BCUT2D eigenvalue weighted by molar-refractivity contribution is 9.10. The molecule has 0 amide bonds. The molecule has 102 valence electrons. The Labute approximate surface area is 125 Å². The van der Waals surface area contributed by atoms with Gasteiger partial charge in [-0.2, -0.15) is 4.98 Å². The smallest absolute Gasteiger partial charge is 0.399 e. The van der Waals surface area contributed by atoms with E-state index < -0.39 is 0 Å². The average Bonchev–Trinajstić information content (AvgIpc) is 2.78. The molecule has 1 heterocycles. The molecule has 0 spiro atoms. The molecule has 1 N–H and O–H groups in total. The van der Waals surface area contributed by atoms with Gasteiger partial charge in [-0.25, -0.2) is 0 Å². The molecule has 0 radical (unpaired) electrons. The third-order valence-corrected chi connectivity index (χ3v) is 3.10. The van der Waals surface area contributed by atoms with E-state index in [1.807, 2.05) is 6.07 Å². The van der Waals surface area contributed by atoms with Crippen molar-refractivity contribution in [2.75, 3.05) is 0 Å². The summed E-state index contributed by atoms with van der Waals surface area (Å²) >= 11 is 9.38. The summed E-state index contributed by atoms with van der Waals surface area (Å²) in [4.78, 5) is 4.22. The molecule has 0 saturated heterocycles. The molecule has 0 aliphatic heterocycles. The van der Waals surface area contributed by atoms with Crippen LogP contribution in [0.4, 0.5) is 0 Å². The maximum atomic E-state index is 6.05. The molecule has 0 bridgehead atoms. The van der Waals surface area contributed by atoms with Gasteiger partial charge in [0.1, 0.15) is 6.26 Å². The van der Waals surface area contributed by atoms with Gasteiger partial charge in [-0.15, -0.1) is 0 Å². The Hall–Kier alpha value is -1.04. The number of aromatic nitrogens is 1. The van der Waals surface area contributed by atoms with Gasteiger partial charge in [0.25, 0.3) is 0 Å². The monoisotopic (exact) mass is 344 g/mol. The lowest BCUT2D eigenvalue weighted by molar-refractivity contribution is 0.331. The first-order valence-corrected chi connectivity index (χ1v) is 7.02. The van der Waals surface area contributed by atoms with Crippen LogP contribution in [0.3, 0.4) is 0 Å². The molecule has 2 rings (SSSR count). The van der Waals surface area contributed by atoms with Crippen molar-refractivity contribution in [3.8, 4) is 11.8 Å². The molecule has 0 saturated carbocycles. The fourth-order valence-corrected chi connectivity index (χ4v) is 2.09. The van der Waals surface area contributed by atoms with Crippen molar-refractivity contribution in [1.82, 2.24) is 10.3 Å². The van der Waals surface area contributed by atoms with Crippen LogP contribution in [-0.2, 0) is 6.54 Å². The van der Waals surface area contributed by atoms with Crippen LogP contribution in [0.5, 0.6) is 11.8 Å². The Balaban J connectivity index is 2.03. The summed E-state index contributed by atoms with van der Waals surface area (Å²) in [6.07, 6.45) is 1.75. The quantitative estimate of drug-likeness (QED) is 0.873. The van der Waals surface area contributed by atoms with Gasteiger partial charge in [0.05, 0.1) is 10.7 Å². The highest BCUT2D eigenvalue weighted by atomic mass is 79.9. The second-order valence-corrected chi connectivity index (χ2v) is 5.64. The number of oxazole rings is 1. The molecule has 0 aliphatic rings. The van der Waals surface area contributed by atoms with Gasteiger partial charge in [-0.05, 0) is 18.2 Å². The van der Waals surface area contributed by atoms with Gasteiger partial charge in [0.15, 0.2) is 5.75 Å². The van der Waals surface area contributed by atoms with Gasteiger partial charge in [0, 0.05) is 17.1 Å². The number of nitrogens with one attached hydrogen (secondary N) is 1. The first-order chi connectivity index (χ1) is 9.04. The maximum Gasteiger partial charge on any atom is 0.399 e. The number of hydrogen-bond donors (Lipinski definition) is 1. The lowest BCUT2D eigenvalue weighted by Crippen LogP contribution is -2.21. The van der Waals surface area contributed by atoms with Crippen molar-refractivity contribution >= 4 is 27.5 Å². The largest absolute Gasteiger partial charge is 0.417 e. The van der Waals surface area contributed by atoms with E-state index in [0.29, 0.717) is 23.4 Å². The summed E-state index contributed by atoms with van der Waals surface area (Å²) < 4.78 is 11.6. The van der Waals surface area contributed by atoms with Gasteiger partial charge in [0.2, 0.25) is 0 Å². The van der Waals surface area contributed by atoms with Crippen LogP contribution in [0.2, 0.25) is 5.02 Å². The molecule has 1 aromatic carbocycles. The zero-order valence-corrected chi connectivity index (χ0v) is 13.0. The van der Waals surface area contributed by atoms with E-state index >= 15 is 0 Å². The van der Waals surface area contributed by atoms with Crippen molar-refractivity contribution in [2.24, 2.45) is 0 Å². The standard InChI is InChI=1S/C13H14BrClN2O2/c1-8(2)16-6-10-7-18-13(17-10)19-12-4-3-9(14)5-11(12)15/h3-5,7-8,16H,6H2,1-2H3. The van der Waals surface area contributed by atoms with E-state index in [9.17, 15) is 0 Å². The normalized spacial score (nSPS) is 11.0. The fourth-order valence-electron chi connectivity index (χ4n) is 1.38. The molecular formula is C13H14BrClN2O2. The SMILES string of the molecule is CC(C)NCc1coc(Oc2ccc(Br)cc2Cl)n1. The first kappa shape index (κ1) is 14.4. The number of hydrogen-bond acceptors (Lipinski definition) is 4. The van der Waals surface area contributed by atoms with Crippen LogP contribution in [-0.4, -0.2) is 11.0 Å². The van der Waals surface area contributed by atoms with Gasteiger partial charge >= 0.3 is 6.08 Å². The summed E-state index contributed by atoms with van der Waals surface area (Å²) in [5, 5.41) is 3.74. The minimum Gasteiger partial charge on any atom is -0.417 e. The number of halogens is 2. The lowest BCUT2D eigenvalue weighted by atomic mass is 10.3. The third-order valence-electron chi connectivity index (χ3n) is 2.31. The van der Waals surface area contributed by atoms with Gasteiger partial charge in [-0.3, -0.25) is 0 Å². The Morgan fingerprint density at radius 2 is 2.26 bits per heavy atom. The Morgan fingerprint density at radius 1 is 1.47 bits per heavy atom. The summed E-state index contributed by atoms with van der Waals surface area (Å²) in [5.74, 6) is 0.509. The topological polar surface area (TPSA) is 47.3 Å². The molecule has 1 aromatic heterocycles. The average molecular weight is 346 g/mol. The zero-order valence-electron chi connectivity index (χ0n) is 10.6. The minimum atomic E-state index is 0.185. The Bertz CT molecular complexity index is 557. The minimum absolute atomic E-state index is 0.185. The molecule has 0 unspecified atom stereocenters. The number of ether oxygens (including phenoxy) is 1. The van der Waals surface area contributed by atoms with Gasteiger partial charge < -0.3 is 14.5 Å². The molecule has 0 aliphatic carbocycles. The summed E-state index contributed by atoms with van der Waals surface area (Å²) in [6.45, 7) is 4.77. The van der Waals surface area contributed by atoms with E-state index in [0.717, 1.165) is 10.2 Å². The van der Waals surface area contributed by atoms with E-state index in [1.54, 1.807) is 18.4 Å². The van der Waals surface area contributed by atoms with Crippen molar-refractivity contribution in [2.45, 2.75) is 26.4 Å². The highest BCUT2D eigenvalue weighted by Crippen LogP contribution is 2.31. The first-order valence-electron chi connectivity index (χ1n) is 5.85. The molecule has 19 heavy (non-hydrogen) atoms. The van der Waals surface area contributed by atoms with Gasteiger partial charge in [-0.1, -0.05) is 41.4 Å². The Kier molecular flexibility index (Phi) is 4.85. The third kappa shape index (κ3) is 4.23. The molecule has 0 atom stereocenters. The molecular weight excluding hydrogens is 332 g/mol. The number of rotatable bonds is 5. The predicted octanol–water partition coefficient (Wildman–Crippen LogP) is 4.38. The van der Waals surface area contributed by atoms with E-state index in [2.05, 4.69) is 40.1 Å². The van der Waals surface area contributed by atoms with Crippen LogP contribution in [0, 0.1) is 0 Å². The molecule has 2 aromatic rings. The summed E-state index contributed by atoms with van der Waals surface area (Å²) in [6, 6.07) is 5.73. The second-order valence-electron chi connectivity index (χ2n) is 4.32. The molecule has 6 heteroatoms. The van der Waals surface area contributed by atoms with Crippen LogP contribution in [0.15, 0.2) is 33.4 Å². The zero-order chi connectivity index (χ0) is 13.8. The molecule has 0 fully saturated rings. The van der Waals surface area contributed by atoms with Crippen LogP contribution < -0.4 is 10.1 Å². The van der Waals surface area contributed by atoms with Crippen LogP contribution >= 0.6 is 27.5 Å². The van der Waals surface area contributed by atoms with E-state index in [1.165, 1.54) is 0 Å². The Morgan fingerprint density at radius 3 is 2.95 bits per heavy atom. The maximum absolute atomic E-state index is 6.05. The molecule has 4 nitrogen and oxygen atoms in total. The second kappa shape index (κ2) is 6.41. The van der Waals surface area contributed by atoms with E-state index in [4.69, 9.17) is 20.8 Å². The fraction of sp³-hybridized carbons (Fsp3) is 0.308. The van der Waals surface area contributed by atoms with Crippen molar-refractivity contribution in [3.63, 3.8) is 0 Å². The summed E-state index contributed by atoms with van der Waals surface area (Å²) in [7, 11) is 0. The van der Waals surface area contributed by atoms with E-state index in [-0.39, 0.29) is 6.08 Å². The van der Waals surface area contributed by atoms with Crippen molar-refractivity contribution in [1.29, 1.82) is 0 Å². The van der Waals surface area contributed by atoms with Crippen molar-refractivity contribution < 1.29 is 9.15 Å². The van der Waals surface area contributed by atoms with Crippen molar-refractivity contribution in [3.05, 3.63) is 39.7 Å². The lowest BCUT2D eigenvalue weighted by Gasteiger charge is -2.04. The number of benzene rings is 1. The predicted molar refractivity (Wildman–Crippen MR) is 77.7 cm³/mol. The van der Waals surface area contributed by atoms with Crippen LogP contribution in [0.1, 0.15) is 19.5 Å². The number of nitrogens with zero attached hydrogens (tertiary/aromatic N) is 1. The highest BCUT2D eigenvalue weighted by Gasteiger charge is 2.09.